The second-order valence-electron chi connectivity index (χ2n) is 7.78. The molecule has 1 saturated heterocycles. The molecule has 1 amide bonds. The highest BCUT2D eigenvalue weighted by Gasteiger charge is 2.32. The third-order valence-corrected chi connectivity index (χ3v) is 4.50. The van der Waals surface area contributed by atoms with Gasteiger partial charge >= 0.3 is 6.18 Å². The fourth-order valence-electron chi connectivity index (χ4n) is 2.84. The highest BCUT2D eigenvalue weighted by molar-refractivity contribution is 5.84. The first-order chi connectivity index (χ1) is 12.6. The largest absolute Gasteiger partial charge is 0.401 e. The first-order valence-corrected chi connectivity index (χ1v) is 9.58. The molecule has 0 bridgehead atoms. The lowest BCUT2D eigenvalue weighted by molar-refractivity contribution is -0.148. The van der Waals surface area contributed by atoms with Crippen LogP contribution in [0, 0.1) is 11.8 Å². The van der Waals surface area contributed by atoms with Crippen molar-refractivity contribution in [2.24, 2.45) is 16.8 Å². The molecule has 1 fully saturated rings. The van der Waals surface area contributed by atoms with Gasteiger partial charge in [-0.15, -0.1) is 0 Å². The Hall–Kier alpha value is -1.51. The van der Waals surface area contributed by atoms with Crippen LogP contribution in [0.4, 0.5) is 13.2 Å². The van der Waals surface area contributed by atoms with Gasteiger partial charge in [0.15, 0.2) is 5.96 Å². The van der Waals surface area contributed by atoms with Crippen molar-refractivity contribution in [3.8, 4) is 0 Å². The Kier molecular flexibility index (Phi) is 9.90. The van der Waals surface area contributed by atoms with Gasteiger partial charge in [-0.1, -0.05) is 13.8 Å². The highest BCUT2D eigenvalue weighted by Crippen LogP contribution is 2.23. The Balaban J connectivity index is 2.38. The fraction of sp³-hybridized carbons (Fsp3) is 0.889. The van der Waals surface area contributed by atoms with Gasteiger partial charge < -0.3 is 15.5 Å². The van der Waals surface area contributed by atoms with Gasteiger partial charge in [-0.3, -0.25) is 9.69 Å². The van der Waals surface area contributed by atoms with E-state index >= 15 is 0 Å². The van der Waals surface area contributed by atoms with Crippen molar-refractivity contribution in [3.05, 3.63) is 0 Å². The molecule has 0 atom stereocenters. The smallest absolute Gasteiger partial charge is 0.356 e. The number of rotatable bonds is 8. The zero-order chi connectivity index (χ0) is 20.4. The van der Waals surface area contributed by atoms with E-state index in [4.69, 9.17) is 0 Å². The molecule has 0 saturated carbocycles. The summed E-state index contributed by atoms with van der Waals surface area (Å²) in [4.78, 5) is 19.0. The molecule has 1 aliphatic heterocycles. The normalized spacial score (nSPS) is 17.3. The summed E-state index contributed by atoms with van der Waals surface area (Å²) in [6.07, 6.45) is -1.68. The lowest BCUT2D eigenvalue weighted by atomic mass is 9.93. The summed E-state index contributed by atoms with van der Waals surface area (Å²) in [5, 5.41) is 6.46. The number of hydrogen-bond donors (Lipinski definition) is 2. The third kappa shape index (κ3) is 11.0. The Bertz CT molecular complexity index is 472. The van der Waals surface area contributed by atoms with Crippen LogP contribution in [-0.4, -0.2) is 81.2 Å². The second kappa shape index (κ2) is 11.4. The first kappa shape index (κ1) is 23.5. The first-order valence-electron chi connectivity index (χ1n) is 9.58. The molecule has 1 rings (SSSR count). The summed E-state index contributed by atoms with van der Waals surface area (Å²) in [7, 11) is 3.38. The molecule has 0 spiro atoms. The van der Waals surface area contributed by atoms with Crippen molar-refractivity contribution in [3.63, 3.8) is 0 Å². The Morgan fingerprint density at radius 3 is 2.37 bits per heavy atom. The van der Waals surface area contributed by atoms with Crippen molar-refractivity contribution < 1.29 is 18.0 Å². The molecule has 2 N–H and O–H groups in total. The Morgan fingerprint density at radius 2 is 1.85 bits per heavy atom. The van der Waals surface area contributed by atoms with Crippen LogP contribution < -0.4 is 10.6 Å². The third-order valence-electron chi connectivity index (χ3n) is 4.50. The molecule has 0 aromatic rings. The van der Waals surface area contributed by atoms with Crippen molar-refractivity contribution in [2.45, 2.75) is 39.3 Å². The number of amides is 1. The second-order valence-corrected chi connectivity index (χ2v) is 7.78. The molecule has 9 heteroatoms. The molecule has 1 heterocycles. The van der Waals surface area contributed by atoms with Crippen LogP contribution in [0.3, 0.4) is 0 Å². The molecule has 158 valence electrons. The number of alkyl halides is 3. The zero-order valence-corrected chi connectivity index (χ0v) is 16.9. The number of piperidine rings is 1. The minimum atomic E-state index is -4.12. The highest BCUT2D eigenvalue weighted by atomic mass is 19.4. The van der Waals surface area contributed by atoms with Crippen LogP contribution in [0.25, 0.3) is 0 Å². The van der Waals surface area contributed by atoms with E-state index in [1.807, 2.05) is 0 Å². The number of aliphatic imine (C=N–C) groups is 1. The number of carbonyl (C=O) groups excluding carboxylic acids is 1. The van der Waals surface area contributed by atoms with Gasteiger partial charge in [0.1, 0.15) is 6.54 Å². The maximum absolute atomic E-state index is 12.4. The van der Waals surface area contributed by atoms with Gasteiger partial charge in [-0.2, -0.15) is 13.2 Å². The van der Waals surface area contributed by atoms with Gasteiger partial charge in [-0.05, 0) is 44.2 Å². The molecule has 0 radical (unpaired) electrons. The fourth-order valence-corrected chi connectivity index (χ4v) is 2.84. The summed E-state index contributed by atoms with van der Waals surface area (Å²) in [6.45, 7) is 5.86. The minimum Gasteiger partial charge on any atom is -0.356 e. The summed E-state index contributed by atoms with van der Waals surface area (Å²) in [5.74, 6) is 1.39. The van der Waals surface area contributed by atoms with E-state index in [-0.39, 0.29) is 12.5 Å². The number of guanidine groups is 1. The van der Waals surface area contributed by atoms with Crippen LogP contribution in [0.5, 0.6) is 0 Å². The lowest BCUT2D eigenvalue weighted by Crippen LogP contribution is -2.42. The predicted molar refractivity (Wildman–Crippen MR) is 102 cm³/mol. The van der Waals surface area contributed by atoms with Gasteiger partial charge in [0.05, 0.1) is 6.54 Å². The van der Waals surface area contributed by atoms with E-state index in [0.29, 0.717) is 37.4 Å². The van der Waals surface area contributed by atoms with Gasteiger partial charge in [0.2, 0.25) is 5.91 Å². The van der Waals surface area contributed by atoms with Crippen LogP contribution in [0.15, 0.2) is 4.99 Å². The predicted octanol–water partition coefficient (Wildman–Crippen LogP) is 1.93. The summed E-state index contributed by atoms with van der Waals surface area (Å²) < 4.78 is 37.3. The van der Waals surface area contributed by atoms with Crippen LogP contribution in [-0.2, 0) is 4.79 Å². The van der Waals surface area contributed by atoms with E-state index in [1.54, 1.807) is 14.1 Å². The maximum atomic E-state index is 12.4. The number of carbonyl (C=O) groups is 1. The van der Waals surface area contributed by atoms with Gasteiger partial charge in [0, 0.05) is 27.2 Å². The number of nitrogens with one attached hydrogen (secondary N) is 2. The van der Waals surface area contributed by atoms with E-state index in [9.17, 15) is 18.0 Å². The van der Waals surface area contributed by atoms with Crippen molar-refractivity contribution in [1.82, 2.24) is 20.4 Å². The maximum Gasteiger partial charge on any atom is 0.401 e. The van der Waals surface area contributed by atoms with Crippen LogP contribution >= 0.6 is 0 Å². The monoisotopic (exact) mass is 393 g/mol. The molecular weight excluding hydrogens is 359 g/mol. The van der Waals surface area contributed by atoms with E-state index < -0.39 is 12.7 Å². The zero-order valence-electron chi connectivity index (χ0n) is 16.9. The molecule has 0 unspecified atom stereocenters. The topological polar surface area (TPSA) is 60.0 Å². The van der Waals surface area contributed by atoms with E-state index in [0.717, 1.165) is 25.8 Å². The molecule has 0 aromatic carbocycles. The minimum absolute atomic E-state index is 0.0716. The van der Waals surface area contributed by atoms with Crippen molar-refractivity contribution in [1.29, 1.82) is 0 Å². The molecule has 1 aliphatic rings. The summed E-state index contributed by atoms with van der Waals surface area (Å²) in [5.41, 5.74) is 0. The number of halogens is 3. The van der Waals surface area contributed by atoms with Gasteiger partial charge in [-0.25, -0.2) is 4.99 Å². The summed E-state index contributed by atoms with van der Waals surface area (Å²) in [6, 6.07) is 0. The van der Waals surface area contributed by atoms with E-state index in [2.05, 4.69) is 29.5 Å². The Morgan fingerprint density at radius 1 is 1.22 bits per heavy atom. The van der Waals surface area contributed by atoms with Crippen molar-refractivity contribution >= 4 is 11.9 Å². The quantitative estimate of drug-likeness (QED) is 0.489. The van der Waals surface area contributed by atoms with Crippen LogP contribution in [0.1, 0.15) is 33.1 Å². The Labute approximate surface area is 160 Å². The lowest BCUT2D eigenvalue weighted by Gasteiger charge is -2.32. The number of likely N-dealkylation sites (N-methyl/N-ethyl adjacent to an activating group) is 1. The number of likely N-dealkylation sites (tertiary alicyclic amines) is 1. The molecule has 6 nitrogen and oxygen atoms in total. The van der Waals surface area contributed by atoms with Gasteiger partial charge in [0.25, 0.3) is 0 Å². The average Bonchev–Trinajstić information content (AvgIpc) is 2.56. The average molecular weight is 393 g/mol. The van der Waals surface area contributed by atoms with Crippen LogP contribution in [0.2, 0.25) is 0 Å². The number of hydrogen-bond acceptors (Lipinski definition) is 3. The molecule has 0 aliphatic carbocycles. The molecular formula is C18H34F3N5O. The van der Waals surface area contributed by atoms with Crippen molar-refractivity contribution in [2.75, 3.05) is 53.4 Å². The molecule has 27 heavy (non-hydrogen) atoms. The molecule has 0 aromatic heterocycles. The SMILES string of the molecule is CC(C)CNC(=NCC(=O)N(C)C)NCCC1CCN(CC(F)(F)F)CC1. The van der Waals surface area contributed by atoms with E-state index in [1.165, 1.54) is 9.80 Å². The number of nitrogens with zero attached hydrogens (tertiary/aromatic N) is 3. The summed E-state index contributed by atoms with van der Waals surface area (Å²) >= 11 is 0. The standard InChI is InChI=1S/C18H34F3N5O/c1-14(2)11-23-17(24-12-16(27)25(3)4)22-8-5-15-6-9-26(10-7-15)13-18(19,20)21/h14-15H,5-13H2,1-4H3,(H2,22,23,24).